The Labute approximate surface area is 177 Å². The monoisotopic (exact) mass is 410 g/mol. The van der Waals surface area contributed by atoms with Gasteiger partial charge in [0.1, 0.15) is 5.69 Å². The maximum Gasteiger partial charge on any atom is 0.255 e. The Hall–Kier alpha value is -2.63. The van der Waals surface area contributed by atoms with Crippen LogP contribution in [0.2, 0.25) is 0 Å². The minimum Gasteiger partial charge on any atom is -0.349 e. The van der Waals surface area contributed by atoms with Gasteiger partial charge in [-0.3, -0.25) is 4.79 Å². The molecule has 0 spiro atoms. The summed E-state index contributed by atoms with van der Waals surface area (Å²) in [5, 5.41) is 11.3. The van der Waals surface area contributed by atoms with Crippen LogP contribution in [0.15, 0.2) is 54.7 Å². The lowest BCUT2D eigenvalue weighted by molar-refractivity contribution is 0.0930. The van der Waals surface area contributed by atoms with Gasteiger partial charge in [0.25, 0.3) is 5.91 Å². The fourth-order valence-corrected chi connectivity index (χ4v) is 3.76. The molecule has 0 bridgehead atoms. The number of rotatable bonds is 4. The van der Waals surface area contributed by atoms with Crippen LogP contribution in [-0.2, 0) is 0 Å². The number of carbonyl (C=O) groups excluding carboxylic acids is 1. The molecule has 6 heteroatoms. The van der Waals surface area contributed by atoms with E-state index in [4.69, 9.17) is 5.10 Å². The van der Waals surface area contributed by atoms with Gasteiger partial charge in [-0.15, -0.1) is 12.4 Å². The number of hydrogen-bond acceptors (Lipinski definition) is 3. The zero-order valence-corrected chi connectivity index (χ0v) is 17.6. The molecule has 1 aliphatic rings. The molecule has 1 amide bonds. The number of aromatic nitrogens is 2. The quantitative estimate of drug-likeness (QED) is 0.681. The number of para-hydroxylation sites is 1. The largest absolute Gasteiger partial charge is 0.349 e. The average Bonchev–Trinajstić information content (AvgIpc) is 3.15. The van der Waals surface area contributed by atoms with E-state index in [0.29, 0.717) is 5.56 Å². The summed E-state index contributed by atoms with van der Waals surface area (Å²) >= 11 is 0. The Kier molecular flexibility index (Phi) is 6.72. The Balaban J connectivity index is 0.00000240. The zero-order valence-electron chi connectivity index (χ0n) is 16.8. The van der Waals surface area contributed by atoms with Crippen LogP contribution in [0.25, 0.3) is 16.9 Å². The minimum atomic E-state index is -0.0518. The molecule has 0 aliphatic carbocycles. The highest BCUT2D eigenvalue weighted by atomic mass is 35.5. The number of nitrogens with one attached hydrogen (secondary N) is 2. The van der Waals surface area contributed by atoms with Gasteiger partial charge in [-0.05, 0) is 57.5 Å². The summed E-state index contributed by atoms with van der Waals surface area (Å²) in [5.74, 6) is -0.0518. The zero-order chi connectivity index (χ0) is 19.5. The summed E-state index contributed by atoms with van der Waals surface area (Å²) in [4.78, 5) is 13.1. The van der Waals surface area contributed by atoms with Crippen LogP contribution in [0.5, 0.6) is 0 Å². The molecule has 1 fully saturated rings. The van der Waals surface area contributed by atoms with Crippen molar-refractivity contribution in [3.8, 4) is 16.9 Å². The smallest absolute Gasteiger partial charge is 0.255 e. The predicted octanol–water partition coefficient (Wildman–Crippen LogP) is 4.06. The molecule has 0 saturated carbocycles. The van der Waals surface area contributed by atoms with Crippen LogP contribution in [0, 0.1) is 13.8 Å². The summed E-state index contributed by atoms with van der Waals surface area (Å²) in [7, 11) is 0. The van der Waals surface area contributed by atoms with Crippen LogP contribution in [0.4, 0.5) is 0 Å². The topological polar surface area (TPSA) is 59.0 Å². The molecule has 0 radical (unpaired) electrons. The van der Waals surface area contributed by atoms with Gasteiger partial charge in [-0.2, -0.15) is 5.10 Å². The van der Waals surface area contributed by atoms with E-state index in [9.17, 15) is 4.79 Å². The number of nitrogens with zero attached hydrogens (tertiary/aromatic N) is 2. The van der Waals surface area contributed by atoms with Crippen molar-refractivity contribution in [3.05, 3.63) is 71.4 Å². The molecule has 0 unspecified atom stereocenters. The molecule has 1 saturated heterocycles. The van der Waals surface area contributed by atoms with Crippen LogP contribution in [-0.4, -0.2) is 34.8 Å². The van der Waals surface area contributed by atoms with Crippen molar-refractivity contribution in [2.75, 3.05) is 13.1 Å². The molecule has 4 rings (SSSR count). The Bertz CT molecular complexity index is 978. The lowest BCUT2D eigenvalue weighted by Crippen LogP contribution is -2.42. The first kappa shape index (κ1) is 21.1. The number of carbonyl (C=O) groups is 1. The summed E-state index contributed by atoms with van der Waals surface area (Å²) in [5.41, 5.74) is 5.60. The van der Waals surface area contributed by atoms with Gasteiger partial charge < -0.3 is 10.6 Å². The molecule has 2 aromatic carbocycles. The number of aryl methyl sites for hydroxylation is 2. The van der Waals surface area contributed by atoms with E-state index in [0.717, 1.165) is 48.4 Å². The molecule has 1 aromatic heterocycles. The second-order valence-corrected chi connectivity index (χ2v) is 7.49. The summed E-state index contributed by atoms with van der Waals surface area (Å²) in [6.45, 7) is 6.03. The standard InChI is InChI=1S/C23H26N4O.ClH/c1-16-8-9-20(17(2)14-16)22-21(23(28)25-18-10-12-24-13-11-18)15-27(26-22)19-6-4-3-5-7-19;/h3-9,14-15,18,24H,10-13H2,1-2H3,(H,25,28);1H. The third-order valence-electron chi connectivity index (χ3n) is 5.29. The molecule has 5 nitrogen and oxygen atoms in total. The average molecular weight is 411 g/mol. The molecular formula is C23H27ClN4O. The van der Waals surface area contributed by atoms with E-state index >= 15 is 0 Å². The first-order valence-corrected chi connectivity index (χ1v) is 9.86. The van der Waals surface area contributed by atoms with Crippen molar-refractivity contribution in [2.45, 2.75) is 32.7 Å². The van der Waals surface area contributed by atoms with Crippen LogP contribution >= 0.6 is 12.4 Å². The van der Waals surface area contributed by atoms with Crippen molar-refractivity contribution >= 4 is 18.3 Å². The highest BCUT2D eigenvalue weighted by Crippen LogP contribution is 2.27. The molecule has 152 valence electrons. The highest BCUT2D eigenvalue weighted by Gasteiger charge is 2.23. The van der Waals surface area contributed by atoms with E-state index < -0.39 is 0 Å². The third-order valence-corrected chi connectivity index (χ3v) is 5.29. The fourth-order valence-electron chi connectivity index (χ4n) is 3.76. The Morgan fingerprint density at radius 3 is 2.52 bits per heavy atom. The highest BCUT2D eigenvalue weighted by molar-refractivity contribution is 6.00. The number of benzene rings is 2. The predicted molar refractivity (Wildman–Crippen MR) is 119 cm³/mol. The number of amides is 1. The summed E-state index contributed by atoms with van der Waals surface area (Å²) in [6.07, 6.45) is 3.76. The van der Waals surface area contributed by atoms with Crippen molar-refractivity contribution in [1.82, 2.24) is 20.4 Å². The van der Waals surface area contributed by atoms with E-state index in [1.165, 1.54) is 5.56 Å². The molecule has 1 aliphatic heterocycles. The lowest BCUT2D eigenvalue weighted by Gasteiger charge is -2.23. The van der Waals surface area contributed by atoms with Crippen molar-refractivity contribution in [2.24, 2.45) is 0 Å². The summed E-state index contributed by atoms with van der Waals surface area (Å²) in [6, 6.07) is 16.4. The van der Waals surface area contributed by atoms with Gasteiger partial charge in [0.2, 0.25) is 0 Å². The van der Waals surface area contributed by atoms with Crippen molar-refractivity contribution in [3.63, 3.8) is 0 Å². The van der Waals surface area contributed by atoms with Gasteiger partial charge >= 0.3 is 0 Å². The number of hydrogen-bond donors (Lipinski definition) is 2. The molecule has 2 N–H and O–H groups in total. The van der Waals surface area contributed by atoms with E-state index in [2.05, 4.69) is 42.7 Å². The molecule has 0 atom stereocenters. The lowest BCUT2D eigenvalue weighted by atomic mass is 10.00. The molecule has 3 aromatic rings. The second kappa shape index (κ2) is 9.25. The van der Waals surface area contributed by atoms with Crippen LogP contribution in [0.1, 0.15) is 34.3 Å². The normalized spacial score (nSPS) is 14.3. The maximum atomic E-state index is 13.1. The van der Waals surface area contributed by atoms with Crippen molar-refractivity contribution in [1.29, 1.82) is 0 Å². The van der Waals surface area contributed by atoms with Gasteiger partial charge in [0.15, 0.2) is 0 Å². The Morgan fingerprint density at radius 1 is 1.10 bits per heavy atom. The van der Waals surface area contributed by atoms with Crippen molar-refractivity contribution < 1.29 is 4.79 Å². The molecular weight excluding hydrogens is 384 g/mol. The van der Waals surface area contributed by atoms with Crippen LogP contribution in [0.3, 0.4) is 0 Å². The summed E-state index contributed by atoms with van der Waals surface area (Å²) < 4.78 is 1.80. The van der Waals surface area contributed by atoms with Gasteiger partial charge in [0, 0.05) is 17.8 Å². The van der Waals surface area contributed by atoms with Gasteiger partial charge in [0.05, 0.1) is 11.3 Å². The van der Waals surface area contributed by atoms with Crippen LogP contribution < -0.4 is 10.6 Å². The Morgan fingerprint density at radius 2 is 1.83 bits per heavy atom. The minimum absolute atomic E-state index is 0. The SMILES string of the molecule is Cc1ccc(-c2nn(-c3ccccc3)cc2C(=O)NC2CCNCC2)c(C)c1.Cl. The third kappa shape index (κ3) is 4.69. The fraction of sp³-hybridized carbons (Fsp3) is 0.304. The number of halogens is 1. The molecule has 2 heterocycles. The van der Waals surface area contributed by atoms with Gasteiger partial charge in [-0.25, -0.2) is 4.68 Å². The second-order valence-electron chi connectivity index (χ2n) is 7.49. The van der Waals surface area contributed by atoms with E-state index in [-0.39, 0.29) is 24.4 Å². The van der Waals surface area contributed by atoms with E-state index in [1.54, 1.807) is 4.68 Å². The number of piperidine rings is 1. The first-order chi connectivity index (χ1) is 13.6. The maximum absolute atomic E-state index is 13.1. The van der Waals surface area contributed by atoms with E-state index in [1.807, 2.05) is 36.5 Å². The molecule has 29 heavy (non-hydrogen) atoms. The first-order valence-electron chi connectivity index (χ1n) is 9.86. The van der Waals surface area contributed by atoms with Gasteiger partial charge in [-0.1, -0.05) is 42.0 Å².